The Balaban J connectivity index is 1.46. The van der Waals surface area contributed by atoms with E-state index < -0.39 is 17.7 Å². The molecule has 6 atom stereocenters. The van der Waals surface area contributed by atoms with Crippen LogP contribution in [0.2, 0.25) is 0 Å². The molecule has 1 aromatic carbocycles. The van der Waals surface area contributed by atoms with E-state index in [1.807, 2.05) is 44.2 Å². The van der Waals surface area contributed by atoms with Crippen molar-refractivity contribution in [2.24, 2.45) is 17.8 Å². The summed E-state index contributed by atoms with van der Waals surface area (Å²) >= 11 is 0. The molecule has 4 heterocycles. The summed E-state index contributed by atoms with van der Waals surface area (Å²) in [6, 6.07) is 9.87. The van der Waals surface area contributed by atoms with Crippen LogP contribution in [0, 0.1) is 17.8 Å². The van der Waals surface area contributed by atoms with Crippen LogP contribution in [-0.2, 0) is 30.6 Å². The molecule has 156 valence electrons. The fourth-order valence-corrected chi connectivity index (χ4v) is 5.70. The first kappa shape index (κ1) is 19.1. The summed E-state index contributed by atoms with van der Waals surface area (Å²) in [5, 5.41) is 2.99. The Morgan fingerprint density at radius 1 is 1.17 bits per heavy atom. The SMILES string of the molecule is CC1=C(C(=O)NCc2ccccc2)OC2OC3(C)CC[C@H]4[C@H](C)CC[C@@H]1[C@@]24OO3. The molecule has 6 heteroatoms. The number of ether oxygens (including phenoxy) is 2. The van der Waals surface area contributed by atoms with Crippen molar-refractivity contribution in [3.05, 3.63) is 47.2 Å². The Hall–Kier alpha value is -1.89. The lowest BCUT2D eigenvalue weighted by molar-refractivity contribution is -0.555. The number of carbonyl (C=O) groups is 1. The highest BCUT2D eigenvalue weighted by atomic mass is 17.3. The second-order valence-electron chi connectivity index (χ2n) is 9.15. The maximum absolute atomic E-state index is 13.0. The van der Waals surface area contributed by atoms with Crippen molar-refractivity contribution in [3.63, 3.8) is 0 Å². The predicted molar refractivity (Wildman–Crippen MR) is 105 cm³/mol. The van der Waals surface area contributed by atoms with E-state index >= 15 is 0 Å². The molecule has 2 unspecified atom stereocenters. The van der Waals surface area contributed by atoms with Gasteiger partial charge in [-0.25, -0.2) is 9.78 Å². The molecule has 3 saturated heterocycles. The molecule has 1 amide bonds. The summed E-state index contributed by atoms with van der Waals surface area (Å²) < 4.78 is 12.5. The zero-order valence-corrected chi connectivity index (χ0v) is 17.3. The summed E-state index contributed by atoms with van der Waals surface area (Å²) in [5.74, 6) is 0.142. The van der Waals surface area contributed by atoms with Gasteiger partial charge < -0.3 is 14.8 Å². The minimum atomic E-state index is -0.839. The van der Waals surface area contributed by atoms with E-state index in [-0.39, 0.29) is 17.7 Å². The average Bonchev–Trinajstić information content (AvgIpc) is 2.95. The lowest BCUT2D eigenvalue weighted by atomic mass is 9.59. The van der Waals surface area contributed by atoms with Crippen LogP contribution >= 0.6 is 0 Å². The average molecular weight is 399 g/mol. The van der Waals surface area contributed by atoms with Crippen LogP contribution in [0.1, 0.15) is 52.0 Å². The number of nitrogens with one attached hydrogen (secondary N) is 1. The molecule has 5 aliphatic rings. The van der Waals surface area contributed by atoms with Gasteiger partial charge in [0.1, 0.15) is 0 Å². The van der Waals surface area contributed by atoms with E-state index in [0.717, 1.165) is 36.8 Å². The monoisotopic (exact) mass is 399 g/mol. The predicted octanol–water partition coefficient (Wildman–Crippen LogP) is 3.82. The van der Waals surface area contributed by atoms with E-state index in [1.54, 1.807) is 0 Å². The summed E-state index contributed by atoms with van der Waals surface area (Å²) in [6.07, 6.45) is 3.12. The molecule has 29 heavy (non-hydrogen) atoms. The molecule has 1 aromatic rings. The minimum Gasteiger partial charge on any atom is -0.456 e. The molecule has 0 aromatic heterocycles. The van der Waals surface area contributed by atoms with Gasteiger partial charge in [0.25, 0.3) is 5.91 Å². The molecule has 6 rings (SSSR count). The van der Waals surface area contributed by atoms with E-state index in [0.29, 0.717) is 18.2 Å². The molecule has 1 saturated carbocycles. The van der Waals surface area contributed by atoms with Gasteiger partial charge in [-0.05, 0) is 50.2 Å². The molecule has 4 aliphatic heterocycles. The molecule has 1 aliphatic carbocycles. The highest BCUT2D eigenvalue weighted by Crippen LogP contribution is 2.60. The first-order valence-electron chi connectivity index (χ1n) is 10.7. The Morgan fingerprint density at radius 3 is 2.76 bits per heavy atom. The van der Waals surface area contributed by atoms with E-state index in [1.165, 1.54) is 0 Å². The Labute approximate surface area is 171 Å². The fourth-order valence-electron chi connectivity index (χ4n) is 5.70. The van der Waals surface area contributed by atoms with Crippen molar-refractivity contribution in [2.75, 3.05) is 0 Å². The first-order valence-corrected chi connectivity index (χ1v) is 10.7. The molecule has 0 radical (unpaired) electrons. The number of rotatable bonds is 3. The first-order chi connectivity index (χ1) is 13.9. The Kier molecular flexibility index (Phi) is 4.49. The summed E-state index contributed by atoms with van der Waals surface area (Å²) in [7, 11) is 0. The van der Waals surface area contributed by atoms with Gasteiger partial charge in [0, 0.05) is 24.8 Å². The van der Waals surface area contributed by atoms with Crippen LogP contribution in [0.15, 0.2) is 41.7 Å². The van der Waals surface area contributed by atoms with Crippen LogP contribution in [-0.4, -0.2) is 23.6 Å². The molecule has 2 bridgehead atoms. The zero-order chi connectivity index (χ0) is 20.2. The van der Waals surface area contributed by atoms with Crippen molar-refractivity contribution in [3.8, 4) is 0 Å². The normalized spacial score (nSPS) is 40.7. The second kappa shape index (κ2) is 6.83. The van der Waals surface area contributed by atoms with Crippen LogP contribution in [0.3, 0.4) is 0 Å². The maximum Gasteiger partial charge on any atom is 0.286 e. The fraction of sp³-hybridized carbons (Fsp3) is 0.609. The second-order valence-corrected chi connectivity index (χ2v) is 9.15. The largest absolute Gasteiger partial charge is 0.456 e. The zero-order valence-electron chi connectivity index (χ0n) is 17.3. The van der Waals surface area contributed by atoms with Crippen LogP contribution in [0.4, 0.5) is 0 Å². The van der Waals surface area contributed by atoms with Gasteiger partial charge in [0.2, 0.25) is 12.1 Å². The summed E-state index contributed by atoms with van der Waals surface area (Å²) in [6.45, 7) is 6.61. The van der Waals surface area contributed by atoms with Crippen LogP contribution < -0.4 is 5.32 Å². The summed E-state index contributed by atoms with van der Waals surface area (Å²) in [4.78, 5) is 24.9. The van der Waals surface area contributed by atoms with Gasteiger partial charge in [-0.1, -0.05) is 37.3 Å². The van der Waals surface area contributed by atoms with E-state index in [2.05, 4.69) is 12.2 Å². The van der Waals surface area contributed by atoms with Gasteiger partial charge in [0.15, 0.2) is 11.4 Å². The number of carbonyl (C=O) groups excluding carboxylic acids is 1. The number of hydrogen-bond donors (Lipinski definition) is 1. The molecular weight excluding hydrogens is 370 g/mol. The third kappa shape index (κ3) is 2.92. The quantitative estimate of drug-likeness (QED) is 0.783. The van der Waals surface area contributed by atoms with Gasteiger partial charge in [-0.2, -0.15) is 0 Å². The van der Waals surface area contributed by atoms with Crippen LogP contribution in [0.5, 0.6) is 0 Å². The topological polar surface area (TPSA) is 66.0 Å². The summed E-state index contributed by atoms with van der Waals surface area (Å²) in [5.41, 5.74) is 1.30. The number of amides is 1. The van der Waals surface area contributed by atoms with E-state index in [4.69, 9.17) is 19.2 Å². The molecule has 1 spiro atoms. The number of fused-ring (bicyclic) bond motifs is 2. The maximum atomic E-state index is 13.0. The Bertz CT molecular complexity index is 839. The van der Waals surface area contributed by atoms with Crippen LogP contribution in [0.25, 0.3) is 0 Å². The van der Waals surface area contributed by atoms with Gasteiger partial charge >= 0.3 is 0 Å². The highest BCUT2D eigenvalue weighted by molar-refractivity contribution is 5.92. The van der Waals surface area contributed by atoms with Crippen molar-refractivity contribution < 1.29 is 24.0 Å². The highest BCUT2D eigenvalue weighted by Gasteiger charge is 2.68. The standard InChI is InChI=1S/C23H29NO5/c1-14-9-10-18-15(2)19(20(25)24-13-16-7-5-4-6-8-16)26-21-23(18)17(14)11-12-22(3,27-21)28-29-23/h4-8,14,17-18,21H,9-13H2,1-3H3,(H,24,25)/t14-,17+,18+,21?,22?,23-/m1/s1. The smallest absolute Gasteiger partial charge is 0.286 e. The molecule has 6 nitrogen and oxygen atoms in total. The lowest BCUT2D eigenvalue weighted by Gasteiger charge is -2.57. The minimum absolute atomic E-state index is 0.0441. The third-order valence-electron chi connectivity index (χ3n) is 7.33. The number of benzene rings is 1. The number of hydrogen-bond acceptors (Lipinski definition) is 5. The van der Waals surface area contributed by atoms with Crippen molar-refractivity contribution in [2.45, 2.75) is 70.7 Å². The van der Waals surface area contributed by atoms with Crippen molar-refractivity contribution in [1.29, 1.82) is 0 Å². The van der Waals surface area contributed by atoms with Gasteiger partial charge in [0.05, 0.1) is 0 Å². The lowest BCUT2D eigenvalue weighted by Crippen LogP contribution is -2.67. The van der Waals surface area contributed by atoms with Gasteiger partial charge in [-0.15, -0.1) is 0 Å². The van der Waals surface area contributed by atoms with E-state index in [9.17, 15) is 4.79 Å². The molecular formula is C23H29NO5. The molecule has 4 fully saturated rings. The Morgan fingerprint density at radius 2 is 1.97 bits per heavy atom. The van der Waals surface area contributed by atoms with Gasteiger partial charge in [-0.3, -0.25) is 4.79 Å². The van der Waals surface area contributed by atoms with Crippen molar-refractivity contribution >= 4 is 5.91 Å². The third-order valence-corrected chi connectivity index (χ3v) is 7.33. The van der Waals surface area contributed by atoms with Crippen molar-refractivity contribution in [1.82, 2.24) is 5.32 Å². The molecule has 1 N–H and O–H groups in total.